The van der Waals surface area contributed by atoms with Crippen LogP contribution in [0.15, 0.2) is 59.0 Å². The van der Waals surface area contributed by atoms with Crippen LogP contribution in [0.1, 0.15) is 24.3 Å². The average Bonchev–Trinajstić information content (AvgIpc) is 3.29. The molecule has 1 heterocycles. The number of nitrogens with one attached hydrogen (secondary N) is 1. The number of rotatable bonds is 14. The minimum atomic E-state index is -1.12. The van der Waals surface area contributed by atoms with E-state index in [1.165, 1.54) is 4.90 Å². The number of aromatic nitrogens is 1. The third-order valence-electron chi connectivity index (χ3n) is 5.82. The molecule has 1 aromatic heterocycles. The molecule has 2 aromatic carbocycles. The van der Waals surface area contributed by atoms with Crippen LogP contribution in [-0.4, -0.2) is 65.7 Å². The second kappa shape index (κ2) is 13.5. The van der Waals surface area contributed by atoms with Gasteiger partial charge >= 0.3 is 0 Å². The Balaban J connectivity index is 1.68. The number of Topliss-reactive ketones (excluding diaryl/α,β-unsaturated/α-hetero) is 1. The van der Waals surface area contributed by atoms with Crippen LogP contribution in [0.5, 0.6) is 0 Å². The lowest BCUT2D eigenvalue weighted by Gasteiger charge is -2.24. The molecule has 0 saturated carbocycles. The Labute approximate surface area is 210 Å². The Morgan fingerprint density at radius 1 is 0.972 bits per heavy atom. The summed E-state index contributed by atoms with van der Waals surface area (Å²) in [7, 11) is 0. The maximum Gasteiger partial charge on any atom is 0.238 e. The molecule has 36 heavy (non-hydrogen) atoms. The van der Waals surface area contributed by atoms with Crippen LogP contribution in [0.4, 0.5) is 0 Å². The summed E-state index contributed by atoms with van der Waals surface area (Å²) in [6.07, 6.45) is 0.641. The zero-order valence-corrected chi connectivity index (χ0v) is 20.3. The van der Waals surface area contributed by atoms with Gasteiger partial charge in [-0.15, -0.1) is 0 Å². The summed E-state index contributed by atoms with van der Waals surface area (Å²) in [6.45, 7) is 1.21. The predicted octanol–water partition coefficient (Wildman–Crippen LogP) is 0.520. The summed E-state index contributed by atoms with van der Waals surface area (Å²) in [4.78, 5) is 44.5. The van der Waals surface area contributed by atoms with E-state index in [2.05, 4.69) is 10.3 Å². The monoisotopic (exact) mass is 494 g/mol. The number of amides is 2. The second-order valence-corrected chi connectivity index (χ2v) is 8.57. The fourth-order valence-electron chi connectivity index (χ4n) is 3.90. The van der Waals surface area contributed by atoms with Gasteiger partial charge in [0.1, 0.15) is 5.52 Å². The highest BCUT2D eigenvalue weighted by Crippen LogP contribution is 2.16. The van der Waals surface area contributed by atoms with Crippen LogP contribution in [0.3, 0.4) is 0 Å². The SMILES string of the molecule is NCCN(CCN)C(=O)C[C@H](N)C(=O)N[C@@H](CCc1ccccc1)C(=O)Cc1nc2ccccc2o1. The number of oxazole rings is 1. The highest BCUT2D eigenvalue weighted by molar-refractivity contribution is 5.93. The minimum absolute atomic E-state index is 0.0800. The van der Waals surface area contributed by atoms with E-state index in [4.69, 9.17) is 21.6 Å². The number of nitrogens with two attached hydrogens (primary N) is 3. The van der Waals surface area contributed by atoms with Gasteiger partial charge in [-0.3, -0.25) is 14.4 Å². The van der Waals surface area contributed by atoms with Gasteiger partial charge in [0, 0.05) is 26.2 Å². The minimum Gasteiger partial charge on any atom is -0.440 e. The summed E-state index contributed by atoms with van der Waals surface area (Å²) in [5.74, 6) is -0.865. The molecular weight excluding hydrogens is 460 g/mol. The fourth-order valence-corrected chi connectivity index (χ4v) is 3.90. The molecule has 0 radical (unpaired) electrons. The lowest BCUT2D eigenvalue weighted by atomic mass is 9.99. The van der Waals surface area contributed by atoms with Crippen molar-refractivity contribution in [1.29, 1.82) is 0 Å². The van der Waals surface area contributed by atoms with Crippen LogP contribution in [0.25, 0.3) is 11.1 Å². The number of hydrogen-bond acceptors (Lipinski definition) is 8. The van der Waals surface area contributed by atoms with E-state index >= 15 is 0 Å². The van der Waals surface area contributed by atoms with Gasteiger partial charge in [0.25, 0.3) is 0 Å². The lowest BCUT2D eigenvalue weighted by Crippen LogP contribution is -2.51. The quantitative estimate of drug-likeness (QED) is 0.251. The molecule has 0 aliphatic rings. The van der Waals surface area contributed by atoms with Gasteiger partial charge in [-0.25, -0.2) is 4.98 Å². The van der Waals surface area contributed by atoms with Crippen molar-refractivity contribution in [2.24, 2.45) is 17.2 Å². The Kier molecular flexibility index (Phi) is 10.1. The first-order valence-electron chi connectivity index (χ1n) is 12.1. The van der Waals surface area contributed by atoms with Crippen LogP contribution in [-0.2, 0) is 27.2 Å². The summed E-state index contributed by atoms with van der Waals surface area (Å²) < 4.78 is 5.69. The van der Waals surface area contributed by atoms with Crippen molar-refractivity contribution in [1.82, 2.24) is 15.2 Å². The van der Waals surface area contributed by atoms with Gasteiger partial charge < -0.3 is 31.8 Å². The highest BCUT2D eigenvalue weighted by Gasteiger charge is 2.27. The van der Waals surface area contributed by atoms with Crippen molar-refractivity contribution in [3.8, 4) is 0 Å². The van der Waals surface area contributed by atoms with E-state index in [-0.39, 0.29) is 43.5 Å². The third-order valence-corrected chi connectivity index (χ3v) is 5.82. The molecule has 3 aromatic rings. The van der Waals surface area contributed by atoms with E-state index < -0.39 is 18.0 Å². The van der Waals surface area contributed by atoms with E-state index in [1.807, 2.05) is 42.5 Å². The molecule has 0 spiro atoms. The summed E-state index contributed by atoms with van der Waals surface area (Å²) >= 11 is 0. The van der Waals surface area contributed by atoms with Crippen molar-refractivity contribution < 1.29 is 18.8 Å². The topological polar surface area (TPSA) is 171 Å². The van der Waals surface area contributed by atoms with Gasteiger partial charge in [-0.2, -0.15) is 0 Å². The van der Waals surface area contributed by atoms with Crippen LogP contribution >= 0.6 is 0 Å². The molecule has 0 aliphatic heterocycles. The number of benzene rings is 2. The molecule has 0 aliphatic carbocycles. The standard InChI is InChI=1S/C26H34N6O4/c27-12-14-32(15-13-28)25(34)16-19(29)26(35)31-20(11-10-18-6-2-1-3-7-18)22(33)17-24-30-21-8-4-5-9-23(21)36-24/h1-9,19-20H,10-17,27-29H2,(H,31,35)/t19-,20-/m0/s1. The van der Waals surface area contributed by atoms with E-state index in [0.717, 1.165) is 5.56 Å². The fraction of sp³-hybridized carbons (Fsp3) is 0.385. The number of carbonyl (C=O) groups excluding carboxylic acids is 3. The molecule has 192 valence electrons. The third kappa shape index (κ3) is 7.70. The largest absolute Gasteiger partial charge is 0.440 e. The van der Waals surface area contributed by atoms with Crippen molar-refractivity contribution in [2.45, 2.75) is 37.8 Å². The predicted molar refractivity (Wildman–Crippen MR) is 137 cm³/mol. The maximum absolute atomic E-state index is 13.2. The van der Waals surface area contributed by atoms with Crippen LogP contribution < -0.4 is 22.5 Å². The van der Waals surface area contributed by atoms with E-state index in [1.54, 1.807) is 12.1 Å². The van der Waals surface area contributed by atoms with Crippen LogP contribution in [0, 0.1) is 0 Å². The Bertz CT molecular complexity index is 1110. The smallest absolute Gasteiger partial charge is 0.238 e. The molecule has 10 nitrogen and oxygen atoms in total. The first-order valence-corrected chi connectivity index (χ1v) is 12.1. The number of para-hydroxylation sites is 2. The molecule has 0 unspecified atom stereocenters. The second-order valence-electron chi connectivity index (χ2n) is 8.57. The molecule has 2 atom stereocenters. The molecule has 0 bridgehead atoms. The van der Waals surface area contributed by atoms with Crippen molar-refractivity contribution in [2.75, 3.05) is 26.2 Å². The molecule has 3 rings (SSSR count). The molecular formula is C26H34N6O4. The summed E-state index contributed by atoms with van der Waals surface area (Å²) in [5.41, 5.74) is 19.4. The number of ketones is 1. The van der Waals surface area contributed by atoms with Crippen LogP contribution in [0.2, 0.25) is 0 Å². The molecule has 10 heteroatoms. The van der Waals surface area contributed by atoms with Crippen molar-refractivity contribution in [3.63, 3.8) is 0 Å². The van der Waals surface area contributed by atoms with Crippen molar-refractivity contribution in [3.05, 3.63) is 66.1 Å². The number of aryl methyl sites for hydroxylation is 1. The highest BCUT2D eigenvalue weighted by atomic mass is 16.3. The van der Waals surface area contributed by atoms with Gasteiger partial charge in [-0.1, -0.05) is 42.5 Å². The van der Waals surface area contributed by atoms with Gasteiger partial charge in [0.2, 0.25) is 17.7 Å². The Hall–Kier alpha value is -3.60. The first kappa shape index (κ1) is 27.0. The number of fused-ring (bicyclic) bond motifs is 1. The molecule has 0 fully saturated rings. The summed E-state index contributed by atoms with van der Waals surface area (Å²) in [6, 6.07) is 15.0. The van der Waals surface area contributed by atoms with Gasteiger partial charge in [-0.05, 0) is 30.5 Å². The molecule has 7 N–H and O–H groups in total. The van der Waals surface area contributed by atoms with Gasteiger partial charge in [0.15, 0.2) is 11.4 Å². The molecule has 2 amide bonds. The zero-order chi connectivity index (χ0) is 25.9. The zero-order valence-electron chi connectivity index (χ0n) is 20.3. The molecule has 0 saturated heterocycles. The number of carbonyl (C=O) groups is 3. The average molecular weight is 495 g/mol. The van der Waals surface area contributed by atoms with Crippen molar-refractivity contribution >= 4 is 28.7 Å². The number of hydrogen-bond donors (Lipinski definition) is 4. The Morgan fingerprint density at radius 3 is 2.31 bits per heavy atom. The normalized spacial score (nSPS) is 12.8. The lowest BCUT2D eigenvalue weighted by molar-refractivity contribution is -0.134. The van der Waals surface area contributed by atoms with Gasteiger partial charge in [0.05, 0.1) is 24.9 Å². The van der Waals surface area contributed by atoms with E-state index in [9.17, 15) is 14.4 Å². The summed E-state index contributed by atoms with van der Waals surface area (Å²) in [5, 5.41) is 2.75. The Morgan fingerprint density at radius 2 is 1.64 bits per heavy atom. The maximum atomic E-state index is 13.2. The number of nitrogens with zero attached hydrogens (tertiary/aromatic N) is 2. The van der Waals surface area contributed by atoms with E-state index in [0.29, 0.717) is 37.0 Å². The first-order chi connectivity index (χ1) is 17.4.